The average Bonchev–Trinajstić information content (AvgIpc) is 3.01. The van der Waals surface area contributed by atoms with Crippen molar-refractivity contribution >= 4 is 17.2 Å². The number of thiophene rings is 1. The molecule has 2 aromatic rings. The molecule has 1 aliphatic rings. The molecule has 26 heavy (non-hydrogen) atoms. The van der Waals surface area contributed by atoms with Gasteiger partial charge in [0.15, 0.2) is 0 Å². The van der Waals surface area contributed by atoms with Crippen LogP contribution in [0.5, 0.6) is 0 Å². The summed E-state index contributed by atoms with van der Waals surface area (Å²) < 4.78 is 13.4. The smallest absolute Gasteiger partial charge is 0.223 e. The van der Waals surface area contributed by atoms with Gasteiger partial charge in [-0.05, 0) is 58.9 Å². The van der Waals surface area contributed by atoms with Crippen molar-refractivity contribution < 1.29 is 9.18 Å². The fourth-order valence-electron chi connectivity index (χ4n) is 4.12. The summed E-state index contributed by atoms with van der Waals surface area (Å²) in [6.45, 7) is 9.54. The normalized spacial score (nSPS) is 18.5. The van der Waals surface area contributed by atoms with E-state index in [1.165, 1.54) is 22.6 Å². The molecule has 0 N–H and O–H groups in total. The quantitative estimate of drug-likeness (QED) is 0.661. The number of nitrogens with zero attached hydrogens (tertiary/aromatic N) is 1. The minimum atomic E-state index is -0.244. The minimum Gasteiger partial charge on any atom is -0.331 e. The van der Waals surface area contributed by atoms with Crippen LogP contribution in [-0.4, -0.2) is 17.4 Å². The molecule has 4 heteroatoms. The largest absolute Gasteiger partial charge is 0.331 e. The SMILES string of the molecule is C[C@@H](CC(=O)N1CCc2sccc2[C@H]1c1ccc(F)cc1)CC(C)(C)C. The van der Waals surface area contributed by atoms with Gasteiger partial charge in [0.2, 0.25) is 5.91 Å². The highest BCUT2D eigenvalue weighted by Crippen LogP contribution is 2.38. The van der Waals surface area contributed by atoms with E-state index >= 15 is 0 Å². The van der Waals surface area contributed by atoms with Crippen LogP contribution >= 0.6 is 11.3 Å². The number of amides is 1. The van der Waals surface area contributed by atoms with Crippen molar-refractivity contribution in [3.8, 4) is 0 Å². The van der Waals surface area contributed by atoms with Gasteiger partial charge in [0.25, 0.3) is 0 Å². The van der Waals surface area contributed by atoms with Crippen LogP contribution in [0.15, 0.2) is 35.7 Å². The summed E-state index contributed by atoms with van der Waals surface area (Å²) in [7, 11) is 0. The number of fused-ring (bicyclic) bond motifs is 1. The average molecular weight is 374 g/mol. The highest BCUT2D eigenvalue weighted by atomic mass is 32.1. The second kappa shape index (κ2) is 7.51. The predicted octanol–water partition coefficient (Wildman–Crippen LogP) is 5.82. The molecular formula is C22H28FNOS. The van der Waals surface area contributed by atoms with Gasteiger partial charge in [0.05, 0.1) is 6.04 Å². The van der Waals surface area contributed by atoms with Crippen molar-refractivity contribution in [1.29, 1.82) is 0 Å². The molecule has 0 spiro atoms. The lowest BCUT2D eigenvalue weighted by Gasteiger charge is -2.37. The van der Waals surface area contributed by atoms with E-state index in [2.05, 4.69) is 39.1 Å². The molecule has 1 aromatic carbocycles. The Bertz CT molecular complexity index is 759. The van der Waals surface area contributed by atoms with E-state index < -0.39 is 0 Å². The summed E-state index contributed by atoms with van der Waals surface area (Å²) in [4.78, 5) is 16.5. The molecule has 1 aliphatic heterocycles. The topological polar surface area (TPSA) is 20.3 Å². The van der Waals surface area contributed by atoms with Crippen molar-refractivity contribution in [3.63, 3.8) is 0 Å². The summed E-state index contributed by atoms with van der Waals surface area (Å²) in [6.07, 6.45) is 2.50. The van der Waals surface area contributed by atoms with E-state index in [9.17, 15) is 9.18 Å². The summed E-state index contributed by atoms with van der Waals surface area (Å²) in [5.74, 6) is 0.306. The highest BCUT2D eigenvalue weighted by molar-refractivity contribution is 7.10. The van der Waals surface area contributed by atoms with Crippen LogP contribution in [0.4, 0.5) is 4.39 Å². The molecule has 2 atom stereocenters. The molecule has 1 amide bonds. The number of benzene rings is 1. The van der Waals surface area contributed by atoms with E-state index in [0.29, 0.717) is 12.3 Å². The van der Waals surface area contributed by atoms with Gasteiger partial charge in [-0.25, -0.2) is 4.39 Å². The van der Waals surface area contributed by atoms with E-state index in [1.54, 1.807) is 11.3 Å². The Morgan fingerprint density at radius 3 is 2.62 bits per heavy atom. The van der Waals surface area contributed by atoms with E-state index in [0.717, 1.165) is 24.9 Å². The summed E-state index contributed by atoms with van der Waals surface area (Å²) in [5, 5.41) is 2.09. The maximum absolute atomic E-state index is 13.4. The van der Waals surface area contributed by atoms with Crippen LogP contribution in [0.3, 0.4) is 0 Å². The Morgan fingerprint density at radius 2 is 1.96 bits per heavy atom. The highest BCUT2D eigenvalue weighted by Gasteiger charge is 2.33. The molecule has 0 radical (unpaired) electrons. The standard InChI is InChI=1S/C22H28FNOS/c1-15(14-22(2,3)4)13-20(25)24-11-9-19-18(10-12-26-19)21(24)16-5-7-17(23)8-6-16/h5-8,10,12,15,21H,9,11,13-14H2,1-4H3/t15-,21+/m0/s1. The molecule has 0 aliphatic carbocycles. The first-order valence-electron chi connectivity index (χ1n) is 9.36. The van der Waals surface area contributed by atoms with Crippen LogP contribution in [0.2, 0.25) is 0 Å². The van der Waals surface area contributed by atoms with Crippen LogP contribution in [0, 0.1) is 17.2 Å². The third-order valence-electron chi connectivity index (χ3n) is 4.96. The molecule has 0 unspecified atom stereocenters. The lowest BCUT2D eigenvalue weighted by Crippen LogP contribution is -2.40. The fourth-order valence-corrected chi connectivity index (χ4v) is 5.03. The van der Waals surface area contributed by atoms with Gasteiger partial charge in [0.1, 0.15) is 5.82 Å². The summed E-state index contributed by atoms with van der Waals surface area (Å²) in [6, 6.07) is 8.62. The Balaban J connectivity index is 1.85. The van der Waals surface area contributed by atoms with Crippen molar-refractivity contribution in [2.45, 2.75) is 53.0 Å². The lowest BCUT2D eigenvalue weighted by molar-refractivity contribution is -0.134. The number of carbonyl (C=O) groups is 1. The van der Waals surface area contributed by atoms with Gasteiger partial charge in [-0.3, -0.25) is 4.79 Å². The van der Waals surface area contributed by atoms with Gasteiger partial charge < -0.3 is 4.90 Å². The number of halogens is 1. The van der Waals surface area contributed by atoms with Gasteiger partial charge in [-0.1, -0.05) is 39.8 Å². The Labute approximate surface area is 160 Å². The summed E-state index contributed by atoms with van der Waals surface area (Å²) >= 11 is 1.75. The van der Waals surface area contributed by atoms with Crippen LogP contribution in [0.1, 0.15) is 62.6 Å². The number of carbonyl (C=O) groups excluding carboxylic acids is 1. The molecule has 2 heterocycles. The maximum Gasteiger partial charge on any atom is 0.223 e. The van der Waals surface area contributed by atoms with Gasteiger partial charge in [-0.15, -0.1) is 11.3 Å². The Morgan fingerprint density at radius 1 is 1.27 bits per heavy atom. The number of rotatable bonds is 4. The van der Waals surface area contributed by atoms with Gasteiger partial charge in [-0.2, -0.15) is 0 Å². The monoisotopic (exact) mass is 373 g/mol. The second-order valence-electron chi connectivity index (χ2n) is 8.66. The van der Waals surface area contributed by atoms with Gasteiger partial charge >= 0.3 is 0 Å². The first-order valence-corrected chi connectivity index (χ1v) is 10.2. The first kappa shape index (κ1) is 19.1. The van der Waals surface area contributed by atoms with E-state index in [-0.39, 0.29) is 23.2 Å². The third kappa shape index (κ3) is 4.35. The minimum absolute atomic E-state index is 0.0973. The second-order valence-corrected chi connectivity index (χ2v) is 9.67. The molecular weight excluding hydrogens is 345 g/mol. The van der Waals surface area contributed by atoms with Crippen LogP contribution in [0.25, 0.3) is 0 Å². The molecule has 0 saturated carbocycles. The molecule has 0 bridgehead atoms. The lowest BCUT2D eigenvalue weighted by atomic mass is 9.83. The van der Waals surface area contributed by atoms with Crippen LogP contribution in [-0.2, 0) is 11.2 Å². The molecule has 3 rings (SSSR count). The number of hydrogen-bond donors (Lipinski definition) is 0. The van der Waals surface area contributed by atoms with Crippen molar-refractivity contribution in [1.82, 2.24) is 4.90 Å². The van der Waals surface area contributed by atoms with Crippen LogP contribution < -0.4 is 0 Å². The van der Waals surface area contributed by atoms with Gasteiger partial charge in [0, 0.05) is 17.8 Å². The summed E-state index contributed by atoms with van der Waals surface area (Å²) in [5.41, 5.74) is 2.41. The molecule has 0 fully saturated rings. The van der Waals surface area contributed by atoms with E-state index in [1.807, 2.05) is 17.0 Å². The maximum atomic E-state index is 13.4. The Hall–Kier alpha value is -1.68. The molecule has 1 aromatic heterocycles. The molecule has 0 saturated heterocycles. The Kier molecular flexibility index (Phi) is 5.52. The van der Waals surface area contributed by atoms with Crippen molar-refractivity contribution in [3.05, 3.63) is 57.5 Å². The predicted molar refractivity (Wildman–Crippen MR) is 106 cm³/mol. The zero-order chi connectivity index (χ0) is 18.9. The van der Waals surface area contributed by atoms with E-state index in [4.69, 9.17) is 0 Å². The fraction of sp³-hybridized carbons (Fsp3) is 0.500. The third-order valence-corrected chi connectivity index (χ3v) is 5.95. The molecule has 2 nitrogen and oxygen atoms in total. The zero-order valence-corrected chi connectivity index (χ0v) is 16.9. The van der Waals surface area contributed by atoms with Crippen molar-refractivity contribution in [2.75, 3.05) is 6.54 Å². The molecule has 140 valence electrons. The van der Waals surface area contributed by atoms with Crippen molar-refractivity contribution in [2.24, 2.45) is 11.3 Å². The first-order chi connectivity index (χ1) is 12.2. The number of hydrogen-bond acceptors (Lipinski definition) is 2. The zero-order valence-electron chi connectivity index (χ0n) is 16.1.